The molecule has 1 aromatic rings. The molecular formula is C15H15F3N2O4S. The van der Waals surface area contributed by atoms with Crippen LogP contribution in [0.5, 0.6) is 11.5 Å². The number of phenols is 1. The van der Waals surface area contributed by atoms with E-state index in [2.05, 4.69) is 5.32 Å². The number of carbonyl (C=O) groups excluding carboxylic acids is 1. The largest absolute Gasteiger partial charge is 0.504 e. The molecule has 0 aliphatic carbocycles. The molecule has 0 radical (unpaired) electrons. The predicted molar refractivity (Wildman–Crippen MR) is 86.0 cm³/mol. The maximum absolute atomic E-state index is 13.4. The van der Waals surface area contributed by atoms with E-state index < -0.39 is 29.5 Å². The fraction of sp³-hybridized carbons (Fsp3) is 0.333. The van der Waals surface area contributed by atoms with E-state index >= 15 is 0 Å². The lowest BCUT2D eigenvalue weighted by Gasteiger charge is -2.31. The Kier molecular flexibility index (Phi) is 5.41. The van der Waals surface area contributed by atoms with Crippen LogP contribution in [0.3, 0.4) is 0 Å². The number of esters is 1. The van der Waals surface area contributed by atoms with E-state index in [-0.39, 0.29) is 28.8 Å². The zero-order valence-electron chi connectivity index (χ0n) is 13.2. The molecular weight excluding hydrogens is 361 g/mol. The van der Waals surface area contributed by atoms with Crippen LogP contribution < -0.4 is 15.4 Å². The number of aromatic hydroxyl groups is 1. The molecule has 1 atom stereocenters. The molecule has 1 aromatic carbocycles. The van der Waals surface area contributed by atoms with Crippen molar-refractivity contribution in [3.05, 3.63) is 35.0 Å². The Hall–Kier alpha value is -2.49. The molecule has 3 N–H and O–H groups in total. The molecule has 0 saturated carbocycles. The molecule has 0 aromatic heterocycles. The predicted octanol–water partition coefficient (Wildman–Crippen LogP) is 2.30. The van der Waals surface area contributed by atoms with Crippen LogP contribution in [0.1, 0.15) is 18.5 Å². The van der Waals surface area contributed by atoms with Gasteiger partial charge in [0.2, 0.25) is 0 Å². The average molecular weight is 376 g/mol. The van der Waals surface area contributed by atoms with Crippen LogP contribution in [-0.2, 0) is 9.53 Å². The van der Waals surface area contributed by atoms with Gasteiger partial charge in [-0.3, -0.25) is 0 Å². The Morgan fingerprint density at radius 2 is 2.08 bits per heavy atom. The van der Waals surface area contributed by atoms with Crippen LogP contribution in [0.2, 0.25) is 0 Å². The van der Waals surface area contributed by atoms with Crippen LogP contribution in [0.15, 0.2) is 29.5 Å². The van der Waals surface area contributed by atoms with Crippen molar-refractivity contribution in [3.8, 4) is 11.5 Å². The van der Waals surface area contributed by atoms with E-state index in [1.807, 2.05) is 5.32 Å². The monoisotopic (exact) mass is 376 g/mol. The third kappa shape index (κ3) is 3.95. The van der Waals surface area contributed by atoms with Crippen molar-refractivity contribution in [1.29, 1.82) is 0 Å². The van der Waals surface area contributed by atoms with Gasteiger partial charge in [-0.1, -0.05) is 6.07 Å². The van der Waals surface area contributed by atoms with E-state index in [0.29, 0.717) is 0 Å². The number of ether oxygens (including phenoxy) is 2. The number of hydrogen-bond donors (Lipinski definition) is 3. The summed E-state index contributed by atoms with van der Waals surface area (Å²) < 4.78 is 49.9. The third-order valence-electron chi connectivity index (χ3n) is 3.39. The summed E-state index contributed by atoms with van der Waals surface area (Å²) in [5.74, 6) is -1.28. The van der Waals surface area contributed by atoms with Crippen LogP contribution >= 0.6 is 12.2 Å². The van der Waals surface area contributed by atoms with Gasteiger partial charge in [0.1, 0.15) is 5.70 Å². The van der Waals surface area contributed by atoms with E-state index in [1.165, 1.54) is 32.2 Å². The van der Waals surface area contributed by atoms with Crippen molar-refractivity contribution in [2.75, 3.05) is 13.7 Å². The molecule has 1 heterocycles. The molecule has 10 heteroatoms. The van der Waals surface area contributed by atoms with Gasteiger partial charge in [0.15, 0.2) is 16.6 Å². The molecule has 0 fully saturated rings. The number of phenolic OH excluding ortho intramolecular Hbond substituents is 1. The number of thiocarbonyl (C=S) groups is 1. The van der Waals surface area contributed by atoms with Gasteiger partial charge in [-0.25, -0.2) is 4.79 Å². The first-order valence-electron chi connectivity index (χ1n) is 7.12. The number of nitrogens with one attached hydrogen (secondary N) is 2. The summed E-state index contributed by atoms with van der Waals surface area (Å²) in [5.41, 5.74) is -1.70. The standard InChI is InChI=1S/C15H15F3N2O4S/c1-3-24-13(22)10-11(7-4-5-8(21)9(6-7)23-2)19-14(25)20-12(10)15(16,17)18/h4-6,11,21H,3H2,1-2H3,(H2,19,20,25)/t11-/m0/s1. The zero-order valence-corrected chi connectivity index (χ0v) is 14.0. The highest BCUT2D eigenvalue weighted by molar-refractivity contribution is 7.80. The number of rotatable bonds is 4. The van der Waals surface area contributed by atoms with Crippen molar-refractivity contribution < 1.29 is 32.5 Å². The van der Waals surface area contributed by atoms with E-state index in [9.17, 15) is 23.1 Å². The van der Waals surface area contributed by atoms with Crippen molar-refractivity contribution >= 4 is 23.3 Å². The first-order valence-corrected chi connectivity index (χ1v) is 7.52. The molecule has 2 rings (SSSR count). The second kappa shape index (κ2) is 7.18. The second-order valence-electron chi connectivity index (χ2n) is 4.97. The topological polar surface area (TPSA) is 79.8 Å². The molecule has 0 bridgehead atoms. The number of hydrogen-bond acceptors (Lipinski definition) is 5. The molecule has 1 aliphatic rings. The lowest BCUT2D eigenvalue weighted by atomic mass is 9.94. The van der Waals surface area contributed by atoms with Crippen molar-refractivity contribution in [1.82, 2.24) is 10.6 Å². The van der Waals surface area contributed by atoms with Crippen molar-refractivity contribution in [2.24, 2.45) is 0 Å². The molecule has 0 spiro atoms. The SMILES string of the molecule is CCOC(=O)C1=C(C(F)(F)F)NC(=S)N[C@H]1c1ccc(O)c(OC)c1. The van der Waals surface area contributed by atoms with E-state index in [4.69, 9.17) is 21.7 Å². The molecule has 1 aliphatic heterocycles. The average Bonchev–Trinajstić information content (AvgIpc) is 2.53. The highest BCUT2D eigenvalue weighted by Gasteiger charge is 2.45. The van der Waals surface area contributed by atoms with Crippen molar-refractivity contribution in [2.45, 2.75) is 19.1 Å². The molecule has 6 nitrogen and oxygen atoms in total. The quantitative estimate of drug-likeness (QED) is 0.550. The number of alkyl halides is 3. The first kappa shape index (κ1) is 18.8. The van der Waals surface area contributed by atoms with Crippen LogP contribution in [-0.4, -0.2) is 36.1 Å². The molecule has 0 amide bonds. The number of methoxy groups -OCH3 is 1. The Morgan fingerprint density at radius 1 is 1.40 bits per heavy atom. The summed E-state index contributed by atoms with van der Waals surface area (Å²) in [6, 6.07) is 2.70. The number of allylic oxidation sites excluding steroid dienone is 1. The number of benzene rings is 1. The van der Waals surface area contributed by atoms with Gasteiger partial charge in [-0.15, -0.1) is 0 Å². The lowest BCUT2D eigenvalue weighted by Crippen LogP contribution is -2.49. The molecule has 0 saturated heterocycles. The minimum atomic E-state index is -4.84. The number of carbonyl (C=O) groups is 1. The van der Waals surface area contributed by atoms with Gasteiger partial charge in [0.05, 0.1) is 25.3 Å². The Labute approximate surface area is 146 Å². The minimum absolute atomic E-state index is 0.0421. The zero-order chi connectivity index (χ0) is 18.8. The van der Waals surface area contributed by atoms with Gasteiger partial charge >= 0.3 is 12.1 Å². The number of halogens is 3. The van der Waals surface area contributed by atoms with Gasteiger partial charge in [0.25, 0.3) is 0 Å². The summed E-state index contributed by atoms with van der Waals surface area (Å²) in [6.45, 7) is 1.39. The van der Waals surface area contributed by atoms with Gasteiger partial charge in [-0.05, 0) is 36.8 Å². The fourth-order valence-corrected chi connectivity index (χ4v) is 2.56. The maximum atomic E-state index is 13.4. The van der Waals surface area contributed by atoms with E-state index in [0.717, 1.165) is 0 Å². The van der Waals surface area contributed by atoms with Crippen LogP contribution in [0.25, 0.3) is 0 Å². The first-order chi connectivity index (χ1) is 11.7. The minimum Gasteiger partial charge on any atom is -0.504 e. The van der Waals surface area contributed by atoms with E-state index in [1.54, 1.807) is 0 Å². The molecule has 136 valence electrons. The highest BCUT2D eigenvalue weighted by Crippen LogP contribution is 2.37. The van der Waals surface area contributed by atoms with Crippen LogP contribution in [0, 0.1) is 0 Å². The van der Waals surface area contributed by atoms with Gasteiger partial charge < -0.3 is 25.2 Å². The second-order valence-corrected chi connectivity index (χ2v) is 5.38. The van der Waals surface area contributed by atoms with Crippen LogP contribution in [0.4, 0.5) is 13.2 Å². The lowest BCUT2D eigenvalue weighted by molar-refractivity contribution is -0.140. The Balaban J connectivity index is 2.64. The van der Waals surface area contributed by atoms with Crippen molar-refractivity contribution in [3.63, 3.8) is 0 Å². The third-order valence-corrected chi connectivity index (χ3v) is 3.61. The summed E-state index contributed by atoms with van der Waals surface area (Å²) in [7, 11) is 1.29. The van der Waals surface area contributed by atoms with Gasteiger partial charge in [0, 0.05) is 0 Å². The summed E-state index contributed by atoms with van der Waals surface area (Å²) in [6.07, 6.45) is -4.84. The molecule has 0 unspecified atom stereocenters. The summed E-state index contributed by atoms with van der Waals surface area (Å²) in [4.78, 5) is 12.2. The fourth-order valence-electron chi connectivity index (χ4n) is 2.34. The Bertz CT molecular complexity index is 734. The van der Waals surface area contributed by atoms with Gasteiger partial charge in [-0.2, -0.15) is 13.2 Å². The summed E-state index contributed by atoms with van der Waals surface area (Å²) >= 11 is 4.83. The maximum Gasteiger partial charge on any atom is 0.431 e. The smallest absolute Gasteiger partial charge is 0.431 e. The normalized spacial score (nSPS) is 17.6. The Morgan fingerprint density at radius 3 is 2.64 bits per heavy atom. The summed E-state index contributed by atoms with van der Waals surface area (Å²) in [5, 5.41) is 14.0. The highest BCUT2D eigenvalue weighted by atomic mass is 32.1. The molecule has 25 heavy (non-hydrogen) atoms.